The number of nitrogen functional groups attached to an aromatic ring is 2. The number of aromatic nitrogens is 1. The zero-order chi connectivity index (χ0) is 12.0. The molecule has 18 heavy (non-hydrogen) atoms. The summed E-state index contributed by atoms with van der Waals surface area (Å²) in [6, 6.07) is 14.0. The van der Waals surface area contributed by atoms with Gasteiger partial charge in [0.05, 0.1) is 0 Å². The third-order valence-electron chi connectivity index (χ3n) is 3.14. The molecule has 3 aromatic rings. The molecule has 3 rings (SSSR count). The Hall–Kier alpha value is -2.00. The Morgan fingerprint density at radius 2 is 1.44 bits per heavy atom. The number of pyridine rings is 1. The van der Waals surface area contributed by atoms with Crippen LogP contribution >= 0.6 is 0 Å². The summed E-state index contributed by atoms with van der Waals surface area (Å²) in [6.07, 6.45) is 0. The van der Waals surface area contributed by atoms with Gasteiger partial charge in [0, 0.05) is 34.3 Å². The van der Waals surface area contributed by atoms with Crippen molar-refractivity contribution in [2.75, 3.05) is 11.5 Å². The van der Waals surface area contributed by atoms with E-state index in [1.165, 1.54) is 5.39 Å². The molecule has 0 aliphatic heterocycles. The van der Waals surface area contributed by atoms with Gasteiger partial charge in [0.25, 0.3) is 0 Å². The summed E-state index contributed by atoms with van der Waals surface area (Å²) in [5.74, 6) is 0. The summed E-state index contributed by atoms with van der Waals surface area (Å²) in [7, 11) is 2.04. The Kier molecular flexibility index (Phi) is 3.01. The molecule has 3 nitrogen and oxygen atoms in total. The molecule has 0 aliphatic carbocycles. The predicted molar refractivity (Wildman–Crippen MR) is 71.5 cm³/mol. The number of anilines is 2. The normalized spacial score (nSPS) is 10.5. The second-order valence-corrected chi connectivity index (χ2v) is 4.34. The zero-order valence-electron chi connectivity index (χ0n) is 10.0. The highest BCUT2D eigenvalue weighted by molar-refractivity contribution is 5.91. The molecule has 0 bridgehead atoms. The van der Waals surface area contributed by atoms with Crippen molar-refractivity contribution in [2.45, 2.75) is 0 Å². The van der Waals surface area contributed by atoms with Crippen molar-refractivity contribution in [3.05, 3.63) is 42.5 Å². The summed E-state index contributed by atoms with van der Waals surface area (Å²) in [6.45, 7) is 0. The van der Waals surface area contributed by atoms with Crippen molar-refractivity contribution < 1.29 is 17.0 Å². The van der Waals surface area contributed by atoms with Crippen LogP contribution in [0.15, 0.2) is 42.5 Å². The minimum absolute atomic E-state index is 0. The van der Waals surface area contributed by atoms with Crippen molar-refractivity contribution in [1.82, 2.24) is 0 Å². The molecule has 4 N–H and O–H groups in total. The fourth-order valence-corrected chi connectivity index (χ4v) is 2.26. The molecular formula is C14H14ClN3. The molecule has 0 spiro atoms. The second kappa shape index (κ2) is 4.35. The molecule has 1 aromatic heterocycles. The van der Waals surface area contributed by atoms with Crippen molar-refractivity contribution >= 4 is 33.2 Å². The van der Waals surface area contributed by atoms with E-state index >= 15 is 0 Å². The van der Waals surface area contributed by atoms with E-state index in [4.69, 9.17) is 11.5 Å². The first-order valence-corrected chi connectivity index (χ1v) is 5.53. The van der Waals surface area contributed by atoms with Crippen molar-refractivity contribution in [1.29, 1.82) is 0 Å². The van der Waals surface area contributed by atoms with E-state index in [9.17, 15) is 0 Å². The van der Waals surface area contributed by atoms with E-state index < -0.39 is 0 Å². The molecule has 0 aliphatic rings. The summed E-state index contributed by atoms with van der Waals surface area (Å²) >= 11 is 0. The van der Waals surface area contributed by atoms with Crippen LogP contribution in [0.1, 0.15) is 0 Å². The first-order valence-electron chi connectivity index (χ1n) is 5.53. The number of benzene rings is 2. The number of rotatable bonds is 0. The molecule has 0 fully saturated rings. The average molecular weight is 260 g/mol. The van der Waals surface area contributed by atoms with Gasteiger partial charge in [-0.25, -0.2) is 0 Å². The minimum atomic E-state index is 0. The van der Waals surface area contributed by atoms with E-state index in [0.29, 0.717) is 0 Å². The fourth-order valence-electron chi connectivity index (χ4n) is 2.26. The number of nitrogens with two attached hydrogens (primary N) is 2. The van der Waals surface area contributed by atoms with Crippen LogP contribution in [0, 0.1) is 0 Å². The molecule has 0 saturated heterocycles. The Labute approximate surface area is 111 Å². The van der Waals surface area contributed by atoms with Gasteiger partial charge in [-0.05, 0) is 30.3 Å². The molecule has 0 unspecified atom stereocenters. The summed E-state index contributed by atoms with van der Waals surface area (Å²) in [5.41, 5.74) is 15.5. The lowest BCUT2D eigenvalue weighted by Crippen LogP contribution is -3.00. The third-order valence-corrected chi connectivity index (χ3v) is 3.14. The maximum absolute atomic E-state index is 5.83. The Bertz CT molecular complexity index is 738. The number of nitrogens with zero attached hydrogens (tertiary/aromatic N) is 1. The maximum Gasteiger partial charge on any atom is 0.214 e. The van der Waals surface area contributed by atoms with Crippen LogP contribution in [0.4, 0.5) is 11.4 Å². The highest BCUT2D eigenvalue weighted by Gasteiger charge is 2.11. The van der Waals surface area contributed by atoms with Crippen molar-refractivity contribution in [3.8, 4) is 0 Å². The Balaban J connectivity index is 0.00000120. The van der Waals surface area contributed by atoms with Crippen LogP contribution in [0.5, 0.6) is 0 Å². The highest BCUT2D eigenvalue weighted by Crippen LogP contribution is 2.21. The molecule has 4 heteroatoms. The molecule has 2 aromatic carbocycles. The van der Waals surface area contributed by atoms with Gasteiger partial charge in [-0.3, -0.25) is 0 Å². The van der Waals surface area contributed by atoms with Gasteiger partial charge < -0.3 is 23.9 Å². The number of hydrogen-bond donors (Lipinski definition) is 2. The monoisotopic (exact) mass is 259 g/mol. The average Bonchev–Trinajstić information content (AvgIpc) is 2.30. The van der Waals surface area contributed by atoms with Gasteiger partial charge in [0.2, 0.25) is 11.0 Å². The Morgan fingerprint density at radius 3 is 2.22 bits per heavy atom. The SMILES string of the molecule is C[n+]1c2ccc(N)cc2cc2ccc(N)cc21.[Cl-]. The van der Waals surface area contributed by atoms with E-state index in [0.717, 1.165) is 27.8 Å². The summed E-state index contributed by atoms with van der Waals surface area (Å²) in [4.78, 5) is 0. The number of halogens is 1. The topological polar surface area (TPSA) is 55.9 Å². The molecule has 0 atom stereocenters. The van der Waals surface area contributed by atoms with Crippen LogP contribution < -0.4 is 28.4 Å². The van der Waals surface area contributed by atoms with Gasteiger partial charge in [-0.15, -0.1) is 0 Å². The predicted octanol–water partition coefficient (Wildman–Crippen LogP) is -1.01. The van der Waals surface area contributed by atoms with Crippen LogP contribution in [-0.4, -0.2) is 0 Å². The lowest BCUT2D eigenvalue weighted by atomic mass is 10.1. The quantitative estimate of drug-likeness (QED) is 0.309. The fraction of sp³-hybridized carbons (Fsp3) is 0.0714. The van der Waals surface area contributed by atoms with E-state index in [2.05, 4.69) is 10.6 Å². The van der Waals surface area contributed by atoms with Crippen LogP contribution in [0.2, 0.25) is 0 Å². The smallest absolute Gasteiger partial charge is 0.214 e. The lowest BCUT2D eigenvalue weighted by molar-refractivity contribution is -0.617. The van der Waals surface area contributed by atoms with Crippen molar-refractivity contribution in [2.24, 2.45) is 7.05 Å². The molecule has 0 radical (unpaired) electrons. The van der Waals surface area contributed by atoms with Gasteiger partial charge in [0.1, 0.15) is 7.05 Å². The van der Waals surface area contributed by atoms with Crippen LogP contribution in [0.25, 0.3) is 21.8 Å². The van der Waals surface area contributed by atoms with E-state index in [1.807, 2.05) is 43.4 Å². The molecule has 1 heterocycles. The van der Waals surface area contributed by atoms with Gasteiger partial charge in [-0.2, -0.15) is 4.57 Å². The highest BCUT2D eigenvalue weighted by atomic mass is 35.5. The summed E-state index contributed by atoms with van der Waals surface area (Å²) < 4.78 is 2.14. The largest absolute Gasteiger partial charge is 1.00 e. The zero-order valence-corrected chi connectivity index (χ0v) is 10.8. The molecule has 92 valence electrons. The standard InChI is InChI=1S/C14H13N3.ClH/c1-17-13-5-4-11(15)7-10(13)6-9-2-3-12(16)8-14(9)17;/h2-8,16H,15H2,1H3;1H. The molecule has 0 amide bonds. The summed E-state index contributed by atoms with van der Waals surface area (Å²) in [5, 5.41) is 2.31. The third kappa shape index (κ3) is 1.83. The van der Waals surface area contributed by atoms with Gasteiger partial charge >= 0.3 is 0 Å². The van der Waals surface area contributed by atoms with E-state index in [1.54, 1.807) is 0 Å². The lowest BCUT2D eigenvalue weighted by Gasteiger charge is -2.03. The number of aryl methyl sites for hydroxylation is 1. The van der Waals surface area contributed by atoms with Crippen LogP contribution in [-0.2, 0) is 7.05 Å². The molecular weight excluding hydrogens is 246 g/mol. The van der Waals surface area contributed by atoms with Gasteiger partial charge in [-0.1, -0.05) is 0 Å². The first-order chi connectivity index (χ1) is 8.15. The maximum atomic E-state index is 5.83. The van der Waals surface area contributed by atoms with Crippen molar-refractivity contribution in [3.63, 3.8) is 0 Å². The van der Waals surface area contributed by atoms with Crippen LogP contribution in [0.3, 0.4) is 0 Å². The van der Waals surface area contributed by atoms with E-state index in [-0.39, 0.29) is 12.4 Å². The second-order valence-electron chi connectivity index (χ2n) is 4.34. The van der Waals surface area contributed by atoms with Gasteiger partial charge in [0.15, 0.2) is 0 Å². The number of hydrogen-bond acceptors (Lipinski definition) is 2. The first kappa shape index (κ1) is 12.5. The Morgan fingerprint density at radius 1 is 0.778 bits per heavy atom. The number of fused-ring (bicyclic) bond motifs is 2. The molecule has 0 saturated carbocycles. The minimum Gasteiger partial charge on any atom is -1.00 e.